The van der Waals surface area contributed by atoms with Crippen molar-refractivity contribution < 1.29 is 14.2 Å². The van der Waals surface area contributed by atoms with E-state index in [2.05, 4.69) is 15.3 Å². The van der Waals surface area contributed by atoms with Gasteiger partial charge in [0.25, 0.3) is 0 Å². The number of fused-ring (bicyclic) bond motifs is 1. The van der Waals surface area contributed by atoms with Crippen molar-refractivity contribution in [3.05, 3.63) is 36.3 Å². The van der Waals surface area contributed by atoms with Crippen molar-refractivity contribution in [1.82, 2.24) is 14.5 Å². The minimum absolute atomic E-state index is 0.497. The van der Waals surface area contributed by atoms with Gasteiger partial charge in [0.1, 0.15) is 35.0 Å². The van der Waals surface area contributed by atoms with E-state index in [1.807, 2.05) is 36.0 Å². The third-order valence-corrected chi connectivity index (χ3v) is 3.91. The molecule has 0 radical (unpaired) electrons. The minimum atomic E-state index is 0.497. The van der Waals surface area contributed by atoms with Crippen LogP contribution in [0.1, 0.15) is 5.56 Å². The molecule has 7 nitrogen and oxygen atoms in total. The Balaban J connectivity index is 1.93. The number of aromatic nitrogens is 3. The van der Waals surface area contributed by atoms with Gasteiger partial charge in [0.05, 0.1) is 32.3 Å². The molecule has 0 bridgehead atoms. The first-order chi connectivity index (χ1) is 11.7. The molecular weight excluding hydrogens is 308 g/mol. The molecule has 3 aromatic rings. The van der Waals surface area contributed by atoms with Crippen molar-refractivity contribution >= 4 is 16.9 Å². The zero-order valence-electron chi connectivity index (χ0n) is 14.2. The molecule has 24 heavy (non-hydrogen) atoms. The normalized spacial score (nSPS) is 10.7. The quantitative estimate of drug-likeness (QED) is 0.750. The van der Waals surface area contributed by atoms with Gasteiger partial charge in [-0.15, -0.1) is 0 Å². The van der Waals surface area contributed by atoms with Gasteiger partial charge in [0, 0.05) is 31.9 Å². The zero-order valence-corrected chi connectivity index (χ0v) is 14.2. The lowest BCUT2D eigenvalue weighted by atomic mass is 10.1. The topological polar surface area (TPSA) is 70.4 Å². The van der Waals surface area contributed by atoms with Crippen LogP contribution in [0.25, 0.3) is 11.0 Å². The van der Waals surface area contributed by atoms with Gasteiger partial charge < -0.3 is 24.1 Å². The molecule has 2 heterocycles. The first kappa shape index (κ1) is 15.9. The summed E-state index contributed by atoms with van der Waals surface area (Å²) < 4.78 is 18.2. The number of methoxy groups -OCH3 is 3. The number of hydrogen-bond donors (Lipinski definition) is 1. The van der Waals surface area contributed by atoms with E-state index in [1.54, 1.807) is 27.7 Å². The molecule has 0 fully saturated rings. The third-order valence-electron chi connectivity index (χ3n) is 3.91. The average Bonchev–Trinajstić information content (AvgIpc) is 3.01. The highest BCUT2D eigenvalue weighted by Crippen LogP contribution is 2.34. The second-order valence-electron chi connectivity index (χ2n) is 5.25. The van der Waals surface area contributed by atoms with Gasteiger partial charge in [-0.2, -0.15) is 0 Å². The zero-order chi connectivity index (χ0) is 17.1. The molecule has 0 aliphatic heterocycles. The van der Waals surface area contributed by atoms with Gasteiger partial charge >= 0.3 is 0 Å². The average molecular weight is 328 g/mol. The van der Waals surface area contributed by atoms with E-state index in [1.165, 1.54) is 0 Å². The minimum Gasteiger partial charge on any atom is -0.496 e. The lowest BCUT2D eigenvalue weighted by molar-refractivity contribution is 0.369. The maximum atomic E-state index is 5.47. The van der Waals surface area contributed by atoms with Crippen molar-refractivity contribution in [3.63, 3.8) is 0 Å². The fourth-order valence-electron chi connectivity index (χ4n) is 2.64. The predicted molar refractivity (Wildman–Crippen MR) is 91.9 cm³/mol. The highest BCUT2D eigenvalue weighted by atomic mass is 16.5. The molecule has 0 saturated heterocycles. The van der Waals surface area contributed by atoms with E-state index < -0.39 is 0 Å². The summed E-state index contributed by atoms with van der Waals surface area (Å²) in [7, 11) is 6.81. The van der Waals surface area contributed by atoms with Crippen LogP contribution in [0, 0.1) is 0 Å². The molecule has 3 rings (SSSR count). The summed E-state index contributed by atoms with van der Waals surface area (Å²) in [5.41, 5.74) is 1.77. The predicted octanol–water partition coefficient (Wildman–Crippen LogP) is 2.61. The Hall–Kier alpha value is -2.96. The number of ether oxygens (including phenoxy) is 3. The maximum absolute atomic E-state index is 5.47. The fourth-order valence-corrected chi connectivity index (χ4v) is 2.64. The van der Waals surface area contributed by atoms with Crippen molar-refractivity contribution in [1.29, 1.82) is 0 Å². The number of nitrogens with one attached hydrogen (secondary N) is 1. The Morgan fingerprint density at radius 2 is 1.75 bits per heavy atom. The number of hydrogen-bond acceptors (Lipinski definition) is 6. The summed E-state index contributed by atoms with van der Waals surface area (Å²) in [6.07, 6.45) is 3.51. The Kier molecular flexibility index (Phi) is 4.41. The molecular formula is C17H20N4O3. The van der Waals surface area contributed by atoms with E-state index >= 15 is 0 Å². The van der Waals surface area contributed by atoms with Crippen LogP contribution in [-0.2, 0) is 13.6 Å². The van der Waals surface area contributed by atoms with E-state index in [-0.39, 0.29) is 0 Å². The standard InChI is InChI=1S/C17H20N4O3/c1-21-6-5-12-16(19-10-20-17(12)21)18-9-13-14(23-3)7-11(22-2)8-15(13)24-4/h5-8,10H,9H2,1-4H3,(H,18,19,20). The van der Waals surface area contributed by atoms with Crippen LogP contribution in [0.15, 0.2) is 30.7 Å². The summed E-state index contributed by atoms with van der Waals surface area (Å²) in [5, 5.41) is 4.30. The van der Waals surface area contributed by atoms with Crippen LogP contribution in [-0.4, -0.2) is 35.9 Å². The van der Waals surface area contributed by atoms with Crippen LogP contribution in [0.3, 0.4) is 0 Å². The molecule has 1 N–H and O–H groups in total. The van der Waals surface area contributed by atoms with Gasteiger partial charge in [0.15, 0.2) is 0 Å². The molecule has 0 unspecified atom stereocenters. The highest BCUT2D eigenvalue weighted by Gasteiger charge is 2.14. The molecule has 2 aromatic heterocycles. The lowest BCUT2D eigenvalue weighted by Crippen LogP contribution is -2.06. The summed E-state index contributed by atoms with van der Waals surface area (Å²) in [4.78, 5) is 8.63. The Morgan fingerprint density at radius 1 is 1.04 bits per heavy atom. The van der Waals surface area contributed by atoms with Gasteiger partial charge in [-0.25, -0.2) is 9.97 Å². The number of rotatable bonds is 6. The molecule has 0 aliphatic carbocycles. The largest absolute Gasteiger partial charge is 0.496 e. The van der Waals surface area contributed by atoms with Crippen molar-refractivity contribution in [2.24, 2.45) is 7.05 Å². The molecule has 7 heteroatoms. The first-order valence-corrected chi connectivity index (χ1v) is 7.46. The van der Waals surface area contributed by atoms with E-state index in [0.29, 0.717) is 23.8 Å². The maximum Gasteiger partial charge on any atom is 0.145 e. The Morgan fingerprint density at radius 3 is 2.38 bits per heavy atom. The third kappa shape index (κ3) is 2.80. The second kappa shape index (κ2) is 6.66. The van der Waals surface area contributed by atoms with Crippen LogP contribution in [0.4, 0.5) is 5.82 Å². The summed E-state index contributed by atoms with van der Waals surface area (Å²) in [5.74, 6) is 2.83. The molecule has 0 aliphatic rings. The van der Waals surface area contributed by atoms with Gasteiger partial charge in [0.2, 0.25) is 0 Å². The molecule has 0 amide bonds. The Labute approximate surface area is 140 Å². The van der Waals surface area contributed by atoms with Gasteiger partial charge in [-0.1, -0.05) is 0 Å². The molecule has 1 aromatic carbocycles. The van der Waals surface area contributed by atoms with Gasteiger partial charge in [-0.05, 0) is 6.07 Å². The van der Waals surface area contributed by atoms with Crippen LogP contribution >= 0.6 is 0 Å². The number of aryl methyl sites for hydroxylation is 1. The number of nitrogens with zero attached hydrogens (tertiary/aromatic N) is 3. The summed E-state index contributed by atoms with van der Waals surface area (Å²) in [6.45, 7) is 0.497. The van der Waals surface area contributed by atoms with Crippen LogP contribution in [0.5, 0.6) is 17.2 Å². The number of benzene rings is 1. The molecule has 0 spiro atoms. The van der Waals surface area contributed by atoms with Crippen LogP contribution < -0.4 is 19.5 Å². The van der Waals surface area contributed by atoms with Crippen LogP contribution in [0.2, 0.25) is 0 Å². The van der Waals surface area contributed by atoms with Crippen molar-refractivity contribution in [3.8, 4) is 17.2 Å². The molecule has 0 saturated carbocycles. The molecule has 0 atom stereocenters. The number of anilines is 1. The monoisotopic (exact) mass is 328 g/mol. The van der Waals surface area contributed by atoms with Gasteiger partial charge in [-0.3, -0.25) is 0 Å². The summed E-state index contributed by atoms with van der Waals surface area (Å²) >= 11 is 0. The fraction of sp³-hybridized carbons (Fsp3) is 0.294. The van der Waals surface area contributed by atoms with E-state index in [0.717, 1.165) is 22.4 Å². The van der Waals surface area contributed by atoms with E-state index in [9.17, 15) is 0 Å². The second-order valence-corrected chi connectivity index (χ2v) is 5.25. The van der Waals surface area contributed by atoms with E-state index in [4.69, 9.17) is 14.2 Å². The van der Waals surface area contributed by atoms with Crippen molar-refractivity contribution in [2.45, 2.75) is 6.54 Å². The summed E-state index contributed by atoms with van der Waals surface area (Å²) in [6, 6.07) is 5.65. The first-order valence-electron chi connectivity index (χ1n) is 7.46. The smallest absolute Gasteiger partial charge is 0.145 e. The molecule has 126 valence electrons. The highest BCUT2D eigenvalue weighted by molar-refractivity contribution is 5.87. The SMILES string of the molecule is COc1cc(OC)c(CNc2ncnc3c2ccn3C)c(OC)c1. The Bertz CT molecular complexity index is 835. The van der Waals surface area contributed by atoms with Crippen molar-refractivity contribution in [2.75, 3.05) is 26.6 Å². The lowest BCUT2D eigenvalue weighted by Gasteiger charge is -2.16.